The van der Waals surface area contributed by atoms with Crippen LogP contribution in [-0.2, 0) is 9.53 Å². The summed E-state index contributed by atoms with van der Waals surface area (Å²) in [4.78, 5) is 13.3. The zero-order valence-corrected chi connectivity index (χ0v) is 12.6. The molecule has 0 aliphatic carbocycles. The minimum absolute atomic E-state index is 0.209. The van der Waals surface area contributed by atoms with Gasteiger partial charge in [0, 0.05) is 36.3 Å². The smallest absolute Gasteiger partial charge is 0.305 e. The lowest BCUT2D eigenvalue weighted by molar-refractivity contribution is -0.140. The van der Waals surface area contributed by atoms with Crippen LogP contribution >= 0.6 is 23.8 Å². The zero-order chi connectivity index (χ0) is 14.4. The molecular formula is C13H17ClN2O2S. The monoisotopic (exact) mass is 300 g/mol. The third-order valence-corrected chi connectivity index (χ3v) is 3.19. The average Bonchev–Trinajstić information content (AvgIpc) is 2.38. The molecule has 0 saturated carbocycles. The third-order valence-electron chi connectivity index (χ3n) is 2.74. The van der Waals surface area contributed by atoms with Crippen LogP contribution in [0.5, 0.6) is 0 Å². The highest BCUT2D eigenvalue weighted by Crippen LogP contribution is 2.23. The Labute approximate surface area is 123 Å². The summed E-state index contributed by atoms with van der Waals surface area (Å²) in [6.45, 7) is 0.701. The van der Waals surface area contributed by atoms with Crippen LogP contribution < -0.4 is 10.6 Å². The molecule has 0 amide bonds. The Bertz CT molecular complexity index is 480. The van der Waals surface area contributed by atoms with Gasteiger partial charge in [-0.15, -0.1) is 0 Å². The normalized spacial score (nSPS) is 10.1. The number of carbonyl (C=O) groups excluding carboxylic acids is 1. The topological polar surface area (TPSA) is 55.6 Å². The number of thiocarbonyl (C=S) groups is 1. The minimum atomic E-state index is -0.209. The lowest BCUT2D eigenvalue weighted by atomic mass is 10.1. The summed E-state index contributed by atoms with van der Waals surface area (Å²) in [5, 5.41) is 0.592. The van der Waals surface area contributed by atoms with Gasteiger partial charge in [0.25, 0.3) is 0 Å². The molecular weight excluding hydrogens is 284 g/mol. The molecule has 1 aromatic rings. The average molecular weight is 301 g/mol. The highest BCUT2D eigenvalue weighted by atomic mass is 35.5. The molecule has 0 heterocycles. The number of halogens is 1. The summed E-state index contributed by atoms with van der Waals surface area (Å²) >= 11 is 11.0. The fraction of sp³-hybridized carbons (Fsp3) is 0.385. The Morgan fingerprint density at radius 3 is 2.79 bits per heavy atom. The van der Waals surface area contributed by atoms with Crippen molar-refractivity contribution in [3.05, 3.63) is 28.8 Å². The molecule has 1 aromatic carbocycles. The van der Waals surface area contributed by atoms with Gasteiger partial charge in [0.2, 0.25) is 0 Å². The van der Waals surface area contributed by atoms with E-state index in [0.717, 1.165) is 11.3 Å². The molecule has 6 heteroatoms. The number of carbonyl (C=O) groups is 1. The van der Waals surface area contributed by atoms with Gasteiger partial charge >= 0.3 is 5.97 Å². The molecule has 4 nitrogen and oxygen atoms in total. The summed E-state index contributed by atoms with van der Waals surface area (Å²) in [5.41, 5.74) is 7.34. The van der Waals surface area contributed by atoms with E-state index in [9.17, 15) is 4.79 Å². The molecule has 19 heavy (non-hydrogen) atoms. The van der Waals surface area contributed by atoms with Gasteiger partial charge in [-0.3, -0.25) is 4.79 Å². The second-order valence-corrected chi connectivity index (χ2v) is 5.00. The maximum absolute atomic E-state index is 11.1. The third kappa shape index (κ3) is 4.69. The van der Waals surface area contributed by atoms with Crippen molar-refractivity contribution < 1.29 is 9.53 Å². The van der Waals surface area contributed by atoms with E-state index in [1.54, 1.807) is 12.1 Å². The molecule has 104 valence electrons. The van der Waals surface area contributed by atoms with E-state index in [-0.39, 0.29) is 5.97 Å². The Hall–Kier alpha value is -1.33. The quantitative estimate of drug-likeness (QED) is 0.646. The Morgan fingerprint density at radius 1 is 1.53 bits per heavy atom. The van der Waals surface area contributed by atoms with E-state index in [1.807, 2.05) is 18.0 Å². The first-order valence-corrected chi connectivity index (χ1v) is 6.61. The van der Waals surface area contributed by atoms with E-state index in [0.29, 0.717) is 29.4 Å². The first kappa shape index (κ1) is 15.7. The van der Waals surface area contributed by atoms with Crippen LogP contribution in [0, 0.1) is 0 Å². The Balaban J connectivity index is 2.73. The number of methoxy groups -OCH3 is 1. The minimum Gasteiger partial charge on any atom is -0.469 e. The Kier molecular flexibility index (Phi) is 6.05. The van der Waals surface area contributed by atoms with E-state index in [4.69, 9.17) is 29.6 Å². The lowest BCUT2D eigenvalue weighted by Gasteiger charge is -2.22. The number of ether oxygens (including phenoxy) is 1. The number of rotatable bonds is 6. The number of nitrogens with zero attached hydrogens (tertiary/aromatic N) is 1. The van der Waals surface area contributed by atoms with Crippen molar-refractivity contribution in [3.63, 3.8) is 0 Å². The molecule has 0 aliphatic rings. The summed E-state index contributed by atoms with van der Waals surface area (Å²) < 4.78 is 4.60. The van der Waals surface area contributed by atoms with E-state index < -0.39 is 0 Å². The molecule has 0 bridgehead atoms. The first-order valence-electron chi connectivity index (χ1n) is 5.83. The van der Waals surface area contributed by atoms with E-state index >= 15 is 0 Å². The number of esters is 1. The van der Waals surface area contributed by atoms with Crippen LogP contribution in [0.2, 0.25) is 5.02 Å². The van der Waals surface area contributed by atoms with E-state index in [1.165, 1.54) is 7.11 Å². The van der Waals surface area contributed by atoms with Crippen molar-refractivity contribution in [1.82, 2.24) is 0 Å². The second kappa shape index (κ2) is 7.31. The van der Waals surface area contributed by atoms with Crippen molar-refractivity contribution >= 4 is 40.5 Å². The number of hydrogen-bond acceptors (Lipinski definition) is 4. The van der Waals surface area contributed by atoms with Crippen LogP contribution in [0.3, 0.4) is 0 Å². The predicted molar refractivity (Wildman–Crippen MR) is 81.9 cm³/mol. The molecule has 0 atom stereocenters. The van der Waals surface area contributed by atoms with Crippen LogP contribution in [0.1, 0.15) is 18.4 Å². The molecule has 1 rings (SSSR count). The fourth-order valence-electron chi connectivity index (χ4n) is 1.72. The number of nitrogens with two attached hydrogens (primary N) is 1. The lowest BCUT2D eigenvalue weighted by Crippen LogP contribution is -2.23. The van der Waals surface area contributed by atoms with Crippen LogP contribution in [0.15, 0.2) is 18.2 Å². The van der Waals surface area contributed by atoms with Crippen molar-refractivity contribution in [2.75, 3.05) is 25.6 Å². The molecule has 0 unspecified atom stereocenters. The van der Waals surface area contributed by atoms with Crippen molar-refractivity contribution in [2.45, 2.75) is 12.8 Å². The highest BCUT2D eigenvalue weighted by Gasteiger charge is 2.11. The summed E-state index contributed by atoms with van der Waals surface area (Å²) in [6.07, 6.45) is 1.08. The maximum atomic E-state index is 11.1. The number of hydrogen-bond donors (Lipinski definition) is 1. The standard InChI is InChI=1S/C13H17ClN2O2S/c1-16(7-3-4-12(17)18-2)11-6-5-9(14)8-10(11)13(15)19/h5-6,8H,3-4,7H2,1-2H3,(H2,15,19). The Morgan fingerprint density at radius 2 is 2.21 bits per heavy atom. The van der Waals surface area contributed by atoms with Gasteiger partial charge in [0.15, 0.2) is 0 Å². The highest BCUT2D eigenvalue weighted by molar-refractivity contribution is 7.80. The van der Waals surface area contributed by atoms with Gasteiger partial charge in [-0.2, -0.15) is 0 Å². The first-order chi connectivity index (χ1) is 8.95. The molecule has 0 spiro atoms. The van der Waals surface area contributed by atoms with Gasteiger partial charge in [-0.25, -0.2) is 0 Å². The van der Waals surface area contributed by atoms with Crippen molar-refractivity contribution in [2.24, 2.45) is 5.73 Å². The molecule has 2 N–H and O–H groups in total. The summed E-state index contributed by atoms with van der Waals surface area (Å²) in [6, 6.07) is 5.40. The molecule has 0 saturated heterocycles. The molecule has 0 aliphatic heterocycles. The zero-order valence-electron chi connectivity index (χ0n) is 11.0. The molecule has 0 fully saturated rings. The largest absolute Gasteiger partial charge is 0.469 e. The molecule has 0 aromatic heterocycles. The summed E-state index contributed by atoms with van der Waals surface area (Å²) in [5.74, 6) is -0.209. The van der Waals surface area contributed by atoms with Crippen molar-refractivity contribution in [1.29, 1.82) is 0 Å². The SMILES string of the molecule is COC(=O)CCCN(C)c1ccc(Cl)cc1C(N)=S. The number of anilines is 1. The van der Waals surface area contributed by atoms with Crippen LogP contribution in [0.4, 0.5) is 5.69 Å². The fourth-order valence-corrected chi connectivity index (χ4v) is 2.06. The van der Waals surface area contributed by atoms with Gasteiger partial charge in [0.05, 0.1) is 7.11 Å². The number of benzene rings is 1. The second-order valence-electron chi connectivity index (χ2n) is 4.13. The van der Waals surface area contributed by atoms with Crippen LogP contribution in [0.25, 0.3) is 0 Å². The summed E-state index contributed by atoms with van der Waals surface area (Å²) in [7, 11) is 3.30. The molecule has 0 radical (unpaired) electrons. The maximum Gasteiger partial charge on any atom is 0.305 e. The van der Waals surface area contributed by atoms with E-state index in [2.05, 4.69) is 4.74 Å². The predicted octanol–water partition coefficient (Wildman–Crippen LogP) is 2.36. The van der Waals surface area contributed by atoms with Gasteiger partial charge < -0.3 is 15.4 Å². The van der Waals surface area contributed by atoms with Gasteiger partial charge in [0.1, 0.15) is 4.99 Å². The van der Waals surface area contributed by atoms with Crippen LogP contribution in [-0.4, -0.2) is 31.7 Å². The van der Waals surface area contributed by atoms with Gasteiger partial charge in [-0.05, 0) is 24.6 Å². The van der Waals surface area contributed by atoms with Gasteiger partial charge in [-0.1, -0.05) is 23.8 Å². The van der Waals surface area contributed by atoms with Crippen molar-refractivity contribution in [3.8, 4) is 0 Å².